The van der Waals surface area contributed by atoms with Gasteiger partial charge in [0, 0.05) is 23.8 Å². The maximum atomic E-state index is 12.3. The molecule has 1 atom stereocenters. The van der Waals surface area contributed by atoms with E-state index in [0.29, 0.717) is 10.2 Å². The van der Waals surface area contributed by atoms with Gasteiger partial charge in [-0.2, -0.15) is 0 Å². The summed E-state index contributed by atoms with van der Waals surface area (Å²) in [5.74, 6) is 0.187. The van der Waals surface area contributed by atoms with Crippen LogP contribution in [0, 0.1) is 0 Å². The SMILES string of the molecule is C[C@H](Sc1nnc(Nc2cccc(Cl)c2)s1)C(=O)N1CCCC1. The number of amides is 1. The van der Waals surface area contributed by atoms with E-state index >= 15 is 0 Å². The van der Waals surface area contributed by atoms with Gasteiger partial charge in [-0.15, -0.1) is 10.2 Å². The fourth-order valence-electron chi connectivity index (χ4n) is 2.39. The molecule has 5 nitrogen and oxygen atoms in total. The summed E-state index contributed by atoms with van der Waals surface area (Å²) < 4.78 is 0.787. The van der Waals surface area contributed by atoms with E-state index in [0.717, 1.165) is 36.0 Å². The molecule has 23 heavy (non-hydrogen) atoms. The van der Waals surface area contributed by atoms with Crippen LogP contribution in [0.3, 0.4) is 0 Å². The zero-order valence-corrected chi connectivity index (χ0v) is 15.0. The second kappa shape index (κ2) is 7.51. The molecule has 0 aliphatic carbocycles. The molecule has 1 amide bonds. The summed E-state index contributed by atoms with van der Waals surface area (Å²) in [6, 6.07) is 7.44. The topological polar surface area (TPSA) is 58.1 Å². The summed E-state index contributed by atoms with van der Waals surface area (Å²) in [6.07, 6.45) is 2.21. The van der Waals surface area contributed by atoms with Crippen molar-refractivity contribution in [2.24, 2.45) is 0 Å². The Morgan fingerprint density at radius 3 is 2.91 bits per heavy atom. The number of benzene rings is 1. The predicted octanol–water partition coefficient (Wildman–Crippen LogP) is 4.04. The summed E-state index contributed by atoms with van der Waals surface area (Å²) in [6.45, 7) is 3.68. The lowest BCUT2D eigenvalue weighted by Crippen LogP contribution is -2.33. The quantitative estimate of drug-likeness (QED) is 0.807. The highest BCUT2D eigenvalue weighted by molar-refractivity contribution is 8.02. The van der Waals surface area contributed by atoms with Gasteiger partial charge in [-0.05, 0) is 38.0 Å². The van der Waals surface area contributed by atoms with Crippen LogP contribution < -0.4 is 5.32 Å². The molecule has 1 aromatic heterocycles. The van der Waals surface area contributed by atoms with Crippen LogP contribution in [0.2, 0.25) is 5.02 Å². The summed E-state index contributed by atoms with van der Waals surface area (Å²) in [7, 11) is 0. The van der Waals surface area contributed by atoms with Crippen molar-refractivity contribution in [3.8, 4) is 0 Å². The first-order valence-corrected chi connectivity index (χ1v) is 9.51. The Bertz CT molecular complexity index is 688. The molecule has 2 aromatic rings. The number of hydrogen-bond acceptors (Lipinski definition) is 6. The lowest BCUT2D eigenvalue weighted by molar-refractivity contribution is -0.129. The largest absolute Gasteiger partial charge is 0.342 e. The summed E-state index contributed by atoms with van der Waals surface area (Å²) in [5.41, 5.74) is 0.867. The molecule has 1 aliphatic heterocycles. The van der Waals surface area contributed by atoms with Crippen LogP contribution >= 0.6 is 34.7 Å². The lowest BCUT2D eigenvalue weighted by Gasteiger charge is -2.18. The van der Waals surface area contributed by atoms with Crippen molar-refractivity contribution in [3.05, 3.63) is 29.3 Å². The van der Waals surface area contributed by atoms with E-state index in [1.54, 1.807) is 0 Å². The van der Waals surface area contributed by atoms with Gasteiger partial charge in [-0.25, -0.2) is 0 Å². The molecular formula is C15H17ClN4OS2. The van der Waals surface area contributed by atoms with Crippen molar-refractivity contribution in [3.63, 3.8) is 0 Å². The van der Waals surface area contributed by atoms with Crippen molar-refractivity contribution in [2.75, 3.05) is 18.4 Å². The lowest BCUT2D eigenvalue weighted by atomic mass is 10.3. The number of halogens is 1. The van der Waals surface area contributed by atoms with Gasteiger partial charge in [0.05, 0.1) is 5.25 Å². The molecule has 0 unspecified atom stereocenters. The van der Waals surface area contributed by atoms with Gasteiger partial charge >= 0.3 is 0 Å². The molecule has 2 heterocycles. The van der Waals surface area contributed by atoms with Crippen LogP contribution in [0.1, 0.15) is 19.8 Å². The fraction of sp³-hybridized carbons (Fsp3) is 0.400. The number of carbonyl (C=O) groups is 1. The standard InChI is InChI=1S/C15H17ClN4OS2/c1-10(13(21)20-7-2-3-8-20)22-15-19-18-14(23-15)17-12-6-4-5-11(16)9-12/h4-6,9-10H,2-3,7-8H2,1H3,(H,17,18)/t10-/m0/s1. The number of nitrogens with zero attached hydrogens (tertiary/aromatic N) is 3. The molecule has 0 radical (unpaired) electrons. The number of likely N-dealkylation sites (tertiary alicyclic amines) is 1. The van der Waals surface area contributed by atoms with E-state index in [4.69, 9.17) is 11.6 Å². The van der Waals surface area contributed by atoms with Gasteiger partial charge in [0.25, 0.3) is 0 Å². The maximum absolute atomic E-state index is 12.3. The molecule has 1 N–H and O–H groups in total. The monoisotopic (exact) mass is 368 g/mol. The van der Waals surface area contributed by atoms with Gasteiger partial charge in [-0.3, -0.25) is 4.79 Å². The first-order chi connectivity index (χ1) is 11.1. The molecule has 1 saturated heterocycles. The molecule has 8 heteroatoms. The van der Waals surface area contributed by atoms with Crippen LogP contribution in [0.5, 0.6) is 0 Å². The third-order valence-corrected chi connectivity index (χ3v) is 5.77. The normalized spacial score (nSPS) is 15.7. The van der Waals surface area contributed by atoms with Gasteiger partial charge in [0.2, 0.25) is 11.0 Å². The zero-order chi connectivity index (χ0) is 16.2. The first kappa shape index (κ1) is 16.5. The van der Waals surface area contributed by atoms with E-state index in [-0.39, 0.29) is 11.2 Å². The fourth-order valence-corrected chi connectivity index (χ4v) is 4.58. The summed E-state index contributed by atoms with van der Waals surface area (Å²) in [4.78, 5) is 14.3. The Morgan fingerprint density at radius 2 is 2.17 bits per heavy atom. The van der Waals surface area contributed by atoms with Crippen LogP contribution in [0.25, 0.3) is 0 Å². The number of anilines is 2. The summed E-state index contributed by atoms with van der Waals surface area (Å²) >= 11 is 8.86. The highest BCUT2D eigenvalue weighted by Gasteiger charge is 2.25. The average molecular weight is 369 g/mol. The number of aromatic nitrogens is 2. The molecule has 3 rings (SSSR count). The van der Waals surface area contributed by atoms with E-state index in [1.807, 2.05) is 36.1 Å². The predicted molar refractivity (Wildman–Crippen MR) is 95.8 cm³/mol. The van der Waals surface area contributed by atoms with Crippen LogP contribution in [0.15, 0.2) is 28.6 Å². The van der Waals surface area contributed by atoms with E-state index in [1.165, 1.54) is 23.1 Å². The second-order valence-corrected chi connectivity index (χ2v) is 8.30. The highest BCUT2D eigenvalue weighted by Crippen LogP contribution is 2.31. The Kier molecular flexibility index (Phi) is 5.40. The van der Waals surface area contributed by atoms with Crippen molar-refractivity contribution < 1.29 is 4.79 Å². The number of hydrogen-bond donors (Lipinski definition) is 1. The minimum Gasteiger partial charge on any atom is -0.342 e. The second-order valence-electron chi connectivity index (χ2n) is 5.30. The Hall–Kier alpha value is -1.31. The van der Waals surface area contributed by atoms with Gasteiger partial charge < -0.3 is 10.2 Å². The smallest absolute Gasteiger partial charge is 0.235 e. The molecule has 1 aliphatic rings. The Morgan fingerprint density at radius 1 is 1.39 bits per heavy atom. The van der Waals surface area contributed by atoms with Gasteiger partial charge in [-0.1, -0.05) is 40.8 Å². The number of nitrogens with one attached hydrogen (secondary N) is 1. The molecule has 0 spiro atoms. The van der Waals surface area contributed by atoms with E-state index in [2.05, 4.69) is 15.5 Å². The minimum absolute atomic E-state index is 0.139. The minimum atomic E-state index is -0.139. The van der Waals surface area contributed by atoms with Crippen LogP contribution in [-0.2, 0) is 4.79 Å². The van der Waals surface area contributed by atoms with Crippen molar-refractivity contribution >= 4 is 51.4 Å². The molecule has 1 fully saturated rings. The number of rotatable bonds is 5. The molecule has 1 aromatic carbocycles. The van der Waals surface area contributed by atoms with Gasteiger partial charge in [0.15, 0.2) is 4.34 Å². The Balaban J connectivity index is 1.59. The number of carbonyl (C=O) groups excluding carboxylic acids is 1. The maximum Gasteiger partial charge on any atom is 0.235 e. The molecule has 0 saturated carbocycles. The Labute approximate surface area is 148 Å². The number of thioether (sulfide) groups is 1. The highest BCUT2D eigenvalue weighted by atomic mass is 35.5. The van der Waals surface area contributed by atoms with E-state index in [9.17, 15) is 4.79 Å². The molecule has 0 bridgehead atoms. The summed E-state index contributed by atoms with van der Waals surface area (Å²) in [5, 5.41) is 12.7. The molecular weight excluding hydrogens is 352 g/mol. The van der Waals surface area contributed by atoms with Crippen molar-refractivity contribution in [2.45, 2.75) is 29.4 Å². The van der Waals surface area contributed by atoms with Crippen LogP contribution in [0.4, 0.5) is 10.8 Å². The molecule has 122 valence electrons. The van der Waals surface area contributed by atoms with Crippen LogP contribution in [-0.4, -0.2) is 39.3 Å². The van der Waals surface area contributed by atoms with Gasteiger partial charge in [0.1, 0.15) is 0 Å². The average Bonchev–Trinajstić information content (AvgIpc) is 3.18. The zero-order valence-electron chi connectivity index (χ0n) is 12.7. The van der Waals surface area contributed by atoms with E-state index < -0.39 is 0 Å². The third-order valence-electron chi connectivity index (χ3n) is 3.53. The van der Waals surface area contributed by atoms with Crippen molar-refractivity contribution in [1.82, 2.24) is 15.1 Å². The first-order valence-electron chi connectivity index (χ1n) is 7.43. The van der Waals surface area contributed by atoms with Crippen molar-refractivity contribution in [1.29, 1.82) is 0 Å². The third kappa shape index (κ3) is 4.37.